The number of aryl methyl sites for hydroxylation is 1. The molecule has 0 saturated carbocycles. The van der Waals surface area contributed by atoms with Gasteiger partial charge in [0.2, 0.25) is 0 Å². The normalized spacial score (nSPS) is 31.1. The Morgan fingerprint density at radius 2 is 2.10 bits per heavy atom. The van der Waals surface area contributed by atoms with Crippen LogP contribution in [0.5, 0.6) is 0 Å². The van der Waals surface area contributed by atoms with E-state index in [1.807, 2.05) is 35.7 Å². The van der Waals surface area contributed by atoms with Crippen LogP contribution in [0.25, 0.3) is 0 Å². The van der Waals surface area contributed by atoms with Gasteiger partial charge in [-0.1, -0.05) is 24.4 Å². The molecule has 0 aromatic carbocycles. The zero-order chi connectivity index (χ0) is 21.7. The standard InChI is InChI=1S/C20H26N6OS3/c1-5-8-24-17(28)20(25(9-6-2)18(24)29)26(19(4)15(30-20)7-10-27-19)12-14-11-22-13(3)23-16(14)21/h5-6,11,15H,1-2,7-10,12H2,3-4H3,(H2,21,22,23). The lowest BCUT2D eigenvalue weighted by atomic mass is 10.1. The number of hydrogen-bond donors (Lipinski definition) is 1. The number of hydrogen-bond acceptors (Lipinski definition) is 8. The third-order valence-electron chi connectivity index (χ3n) is 5.90. The molecule has 3 fully saturated rings. The van der Waals surface area contributed by atoms with Gasteiger partial charge in [-0.05, 0) is 32.5 Å². The summed E-state index contributed by atoms with van der Waals surface area (Å²) < 4.78 is 6.33. The van der Waals surface area contributed by atoms with Gasteiger partial charge in [0.1, 0.15) is 22.4 Å². The summed E-state index contributed by atoms with van der Waals surface area (Å²) in [7, 11) is 0. The Morgan fingerprint density at radius 3 is 2.77 bits per heavy atom. The van der Waals surface area contributed by atoms with Crippen molar-refractivity contribution in [2.24, 2.45) is 0 Å². The number of fused-ring (bicyclic) bond motifs is 1. The maximum absolute atomic E-state index is 6.33. The molecule has 3 aliphatic heterocycles. The number of nitrogen functional groups attached to an aromatic ring is 1. The molecule has 4 heterocycles. The topological polar surface area (TPSA) is 70.8 Å². The van der Waals surface area contributed by atoms with Gasteiger partial charge in [0.25, 0.3) is 0 Å². The van der Waals surface area contributed by atoms with Crippen LogP contribution in [0, 0.1) is 6.92 Å². The Balaban J connectivity index is 1.84. The average molecular weight is 463 g/mol. The summed E-state index contributed by atoms with van der Waals surface area (Å²) in [6.45, 7) is 14.1. The second-order valence-electron chi connectivity index (χ2n) is 7.71. The molecule has 0 aliphatic carbocycles. The van der Waals surface area contributed by atoms with E-state index in [1.54, 1.807) is 6.20 Å². The molecule has 0 amide bonds. The summed E-state index contributed by atoms with van der Waals surface area (Å²) in [5, 5.41) is 0.913. The van der Waals surface area contributed by atoms with Gasteiger partial charge in [0.05, 0.1) is 11.9 Å². The number of rotatable bonds is 6. The highest BCUT2D eigenvalue weighted by atomic mass is 32.2. The maximum Gasteiger partial charge on any atom is 0.199 e. The average Bonchev–Trinajstić information content (AvgIpc) is 3.24. The van der Waals surface area contributed by atoms with Crippen LogP contribution in [0.3, 0.4) is 0 Å². The molecule has 2 N–H and O–H groups in total. The van der Waals surface area contributed by atoms with Gasteiger partial charge in [0, 0.05) is 31.4 Å². The molecule has 1 aromatic rings. The molecule has 30 heavy (non-hydrogen) atoms. The second-order valence-corrected chi connectivity index (χ2v) is 9.83. The smallest absolute Gasteiger partial charge is 0.199 e. The zero-order valence-corrected chi connectivity index (χ0v) is 19.7. The summed E-state index contributed by atoms with van der Waals surface area (Å²) >= 11 is 13.7. The number of anilines is 1. The Morgan fingerprint density at radius 1 is 1.37 bits per heavy atom. The first kappa shape index (κ1) is 21.6. The molecular formula is C20H26N6OS3. The zero-order valence-electron chi connectivity index (χ0n) is 17.2. The van der Waals surface area contributed by atoms with Gasteiger partial charge in [-0.3, -0.25) is 0 Å². The van der Waals surface area contributed by atoms with E-state index in [0.717, 1.165) is 17.0 Å². The minimum atomic E-state index is -0.680. The van der Waals surface area contributed by atoms with Gasteiger partial charge < -0.3 is 20.3 Å². The summed E-state index contributed by atoms with van der Waals surface area (Å²) in [5.74, 6) is 1.11. The highest BCUT2D eigenvalue weighted by molar-refractivity contribution is 8.03. The number of thiocarbonyl (C=S) groups is 2. The first-order valence-corrected chi connectivity index (χ1v) is 11.5. The molecular weight excluding hydrogens is 436 g/mol. The Hall–Kier alpha value is -1.59. The van der Waals surface area contributed by atoms with Crippen molar-refractivity contribution < 1.29 is 4.74 Å². The van der Waals surface area contributed by atoms with Gasteiger partial charge in [0.15, 0.2) is 10.1 Å². The van der Waals surface area contributed by atoms with Gasteiger partial charge in [-0.25, -0.2) is 14.9 Å². The Bertz CT molecular complexity index is 926. The molecule has 3 atom stereocenters. The lowest BCUT2D eigenvalue weighted by molar-refractivity contribution is -0.130. The molecule has 3 aliphatic rings. The predicted molar refractivity (Wildman–Crippen MR) is 129 cm³/mol. The van der Waals surface area contributed by atoms with Crippen molar-refractivity contribution in [1.82, 2.24) is 24.7 Å². The lowest BCUT2D eigenvalue weighted by Crippen LogP contribution is -2.62. The van der Waals surface area contributed by atoms with Gasteiger partial charge in [-0.15, -0.1) is 24.9 Å². The molecule has 3 unspecified atom stereocenters. The van der Waals surface area contributed by atoms with Crippen LogP contribution in [0.4, 0.5) is 5.82 Å². The van der Waals surface area contributed by atoms with Gasteiger partial charge >= 0.3 is 0 Å². The summed E-state index contributed by atoms with van der Waals surface area (Å²) in [6, 6.07) is 0. The SMILES string of the molecule is C=CCN1C(=S)N(CC=C)C2(SC3CCOC3(C)N2Cc2cnc(C)nc2N)C1=S. The lowest BCUT2D eigenvalue weighted by Gasteiger charge is -2.45. The van der Waals surface area contributed by atoms with E-state index in [-0.39, 0.29) is 5.25 Å². The number of nitrogens with two attached hydrogens (primary N) is 1. The first-order valence-electron chi connectivity index (χ1n) is 9.82. The van der Waals surface area contributed by atoms with Crippen molar-refractivity contribution >= 4 is 52.1 Å². The van der Waals surface area contributed by atoms with Crippen LogP contribution in [0.2, 0.25) is 0 Å². The molecule has 0 radical (unpaired) electrons. The van der Waals surface area contributed by atoms with Crippen molar-refractivity contribution in [2.75, 3.05) is 25.4 Å². The van der Waals surface area contributed by atoms with E-state index >= 15 is 0 Å². The van der Waals surface area contributed by atoms with E-state index in [4.69, 9.17) is 34.9 Å². The summed E-state index contributed by atoms with van der Waals surface area (Å²) in [6.07, 6.45) is 6.40. The molecule has 7 nitrogen and oxygen atoms in total. The van der Waals surface area contributed by atoms with E-state index in [0.29, 0.717) is 43.0 Å². The molecule has 10 heteroatoms. The fourth-order valence-electron chi connectivity index (χ4n) is 4.43. The molecule has 0 bridgehead atoms. The van der Waals surface area contributed by atoms with Gasteiger partial charge in [-0.2, -0.15) is 0 Å². The molecule has 3 saturated heterocycles. The highest BCUT2D eigenvalue weighted by Crippen LogP contribution is 2.59. The number of ether oxygens (including phenoxy) is 1. The number of aromatic nitrogens is 2. The minimum absolute atomic E-state index is 0.238. The van der Waals surface area contributed by atoms with Crippen molar-refractivity contribution in [3.63, 3.8) is 0 Å². The fraction of sp³-hybridized carbons (Fsp3) is 0.500. The summed E-state index contributed by atoms with van der Waals surface area (Å²) in [4.78, 5) is 15.2. The van der Waals surface area contributed by atoms with Crippen LogP contribution in [-0.4, -0.2) is 70.4 Å². The van der Waals surface area contributed by atoms with Crippen LogP contribution < -0.4 is 5.73 Å². The van der Waals surface area contributed by atoms with Crippen molar-refractivity contribution in [3.8, 4) is 0 Å². The number of nitrogens with zero attached hydrogens (tertiary/aromatic N) is 5. The monoisotopic (exact) mass is 462 g/mol. The molecule has 1 spiro atoms. The second kappa shape index (κ2) is 7.83. The van der Waals surface area contributed by atoms with Crippen molar-refractivity contribution in [1.29, 1.82) is 0 Å². The predicted octanol–water partition coefficient (Wildman–Crippen LogP) is 2.68. The minimum Gasteiger partial charge on any atom is -0.383 e. The van der Waals surface area contributed by atoms with Crippen molar-refractivity contribution in [2.45, 2.75) is 42.8 Å². The molecule has 160 valence electrons. The fourth-order valence-corrected chi connectivity index (χ4v) is 7.35. The van der Waals surface area contributed by atoms with E-state index in [1.165, 1.54) is 0 Å². The Labute approximate surface area is 192 Å². The quantitative estimate of drug-likeness (QED) is 0.504. The maximum atomic E-state index is 6.33. The van der Waals surface area contributed by atoms with E-state index in [9.17, 15) is 0 Å². The highest BCUT2D eigenvalue weighted by Gasteiger charge is 2.69. The third kappa shape index (κ3) is 3.00. The molecule has 4 rings (SSSR count). The Kier molecular flexibility index (Phi) is 5.65. The van der Waals surface area contributed by atoms with Crippen LogP contribution >= 0.6 is 36.2 Å². The third-order valence-corrected chi connectivity index (χ3v) is 8.90. The van der Waals surface area contributed by atoms with Crippen LogP contribution in [-0.2, 0) is 11.3 Å². The molecule has 1 aromatic heterocycles. The largest absolute Gasteiger partial charge is 0.383 e. The number of thioether (sulfide) groups is 1. The first-order chi connectivity index (χ1) is 14.3. The van der Waals surface area contributed by atoms with Crippen LogP contribution in [0.15, 0.2) is 31.5 Å². The van der Waals surface area contributed by atoms with Crippen LogP contribution in [0.1, 0.15) is 24.7 Å². The van der Waals surface area contributed by atoms with E-state index in [2.05, 4.69) is 39.8 Å². The van der Waals surface area contributed by atoms with E-state index < -0.39 is 10.7 Å². The van der Waals surface area contributed by atoms with Crippen molar-refractivity contribution in [3.05, 3.63) is 42.9 Å². The summed E-state index contributed by atoms with van der Waals surface area (Å²) in [5.41, 5.74) is 6.58.